The third kappa shape index (κ3) is 4.70. The zero-order valence-corrected chi connectivity index (χ0v) is 9.88. The molecule has 0 aromatic heterocycles. The van der Waals surface area contributed by atoms with Crippen molar-refractivity contribution in [1.29, 1.82) is 0 Å². The molecular formula is C10H21NS. The molecule has 0 radical (unpaired) electrons. The molecule has 72 valence electrons. The summed E-state index contributed by atoms with van der Waals surface area (Å²) < 4.78 is 0. The highest BCUT2D eigenvalue weighted by atomic mass is 32.1. The highest BCUT2D eigenvalue weighted by molar-refractivity contribution is 7.80. The Labute approximate surface area is 81.9 Å². The van der Waals surface area contributed by atoms with Crippen LogP contribution in [0.1, 0.15) is 41.5 Å². The molecule has 0 rings (SSSR count). The second kappa shape index (κ2) is 4.22. The standard InChI is InChI=1S/C10H21NS/c1-7(2)8(3)9(12)11-10(4,5)6/h7-8H,1-6H3,(H,11,12). The molecule has 0 aliphatic heterocycles. The predicted molar refractivity (Wildman–Crippen MR) is 59.5 cm³/mol. The lowest BCUT2D eigenvalue weighted by Gasteiger charge is -2.27. The van der Waals surface area contributed by atoms with Gasteiger partial charge in [-0.2, -0.15) is 0 Å². The van der Waals surface area contributed by atoms with Gasteiger partial charge in [0.1, 0.15) is 0 Å². The third-order valence-corrected chi connectivity index (χ3v) is 2.39. The largest absolute Gasteiger partial charge is 0.375 e. The van der Waals surface area contributed by atoms with Crippen molar-refractivity contribution in [3.05, 3.63) is 0 Å². The van der Waals surface area contributed by atoms with Crippen LogP contribution in [0.3, 0.4) is 0 Å². The van der Waals surface area contributed by atoms with Crippen molar-refractivity contribution in [2.45, 2.75) is 47.1 Å². The van der Waals surface area contributed by atoms with Gasteiger partial charge >= 0.3 is 0 Å². The Morgan fingerprint density at radius 2 is 1.58 bits per heavy atom. The van der Waals surface area contributed by atoms with Crippen LogP contribution in [0.4, 0.5) is 0 Å². The quantitative estimate of drug-likeness (QED) is 0.667. The normalized spacial score (nSPS) is 14.6. The SMILES string of the molecule is CC(C)C(C)C(=S)NC(C)(C)C. The molecule has 1 atom stereocenters. The summed E-state index contributed by atoms with van der Waals surface area (Å²) in [6.07, 6.45) is 0. The fourth-order valence-corrected chi connectivity index (χ4v) is 1.36. The fraction of sp³-hybridized carbons (Fsp3) is 0.900. The number of hydrogen-bond donors (Lipinski definition) is 1. The van der Waals surface area contributed by atoms with Gasteiger partial charge in [-0.05, 0) is 26.7 Å². The summed E-state index contributed by atoms with van der Waals surface area (Å²) in [5.74, 6) is 1.09. The minimum absolute atomic E-state index is 0.0975. The number of hydrogen-bond acceptors (Lipinski definition) is 1. The van der Waals surface area contributed by atoms with Crippen LogP contribution in [-0.4, -0.2) is 10.5 Å². The van der Waals surface area contributed by atoms with E-state index in [1.54, 1.807) is 0 Å². The molecule has 2 heteroatoms. The van der Waals surface area contributed by atoms with E-state index >= 15 is 0 Å². The highest BCUT2D eigenvalue weighted by Gasteiger charge is 2.17. The van der Waals surface area contributed by atoms with Crippen LogP contribution in [0.15, 0.2) is 0 Å². The van der Waals surface area contributed by atoms with Gasteiger partial charge in [0.25, 0.3) is 0 Å². The number of thiocarbonyl (C=S) groups is 1. The van der Waals surface area contributed by atoms with E-state index in [2.05, 4.69) is 46.9 Å². The van der Waals surface area contributed by atoms with Gasteiger partial charge in [0.15, 0.2) is 0 Å². The summed E-state index contributed by atoms with van der Waals surface area (Å²) in [6.45, 7) is 13.0. The summed E-state index contributed by atoms with van der Waals surface area (Å²) in [5.41, 5.74) is 0.0975. The van der Waals surface area contributed by atoms with E-state index in [1.165, 1.54) is 0 Å². The Kier molecular flexibility index (Phi) is 4.18. The van der Waals surface area contributed by atoms with Crippen molar-refractivity contribution < 1.29 is 0 Å². The highest BCUT2D eigenvalue weighted by Crippen LogP contribution is 2.12. The minimum atomic E-state index is 0.0975. The molecule has 1 nitrogen and oxygen atoms in total. The second-order valence-electron chi connectivity index (χ2n) is 4.77. The van der Waals surface area contributed by atoms with E-state index in [4.69, 9.17) is 12.2 Å². The first-order chi connectivity index (χ1) is 5.24. The van der Waals surface area contributed by atoms with Gasteiger partial charge in [0, 0.05) is 11.5 Å². The summed E-state index contributed by atoms with van der Waals surface area (Å²) >= 11 is 5.29. The molecule has 0 bridgehead atoms. The van der Waals surface area contributed by atoms with Gasteiger partial charge in [-0.1, -0.05) is 33.0 Å². The van der Waals surface area contributed by atoms with Gasteiger partial charge in [0.2, 0.25) is 0 Å². The van der Waals surface area contributed by atoms with Crippen molar-refractivity contribution in [2.75, 3.05) is 0 Å². The number of nitrogens with one attached hydrogen (secondary N) is 1. The van der Waals surface area contributed by atoms with E-state index in [0.29, 0.717) is 11.8 Å². The van der Waals surface area contributed by atoms with Crippen molar-refractivity contribution in [3.8, 4) is 0 Å². The molecule has 0 saturated heterocycles. The van der Waals surface area contributed by atoms with Crippen LogP contribution in [0.5, 0.6) is 0 Å². The molecule has 1 unspecified atom stereocenters. The maximum atomic E-state index is 5.29. The average Bonchev–Trinajstić information content (AvgIpc) is 1.82. The second-order valence-corrected chi connectivity index (χ2v) is 5.21. The Balaban J connectivity index is 4.05. The van der Waals surface area contributed by atoms with Gasteiger partial charge in [-0.25, -0.2) is 0 Å². The molecule has 0 heterocycles. The molecule has 0 aromatic carbocycles. The predicted octanol–water partition coefficient (Wildman–Crippen LogP) is 2.99. The zero-order valence-electron chi connectivity index (χ0n) is 9.06. The first-order valence-corrected chi connectivity index (χ1v) is 4.97. The van der Waals surface area contributed by atoms with E-state index in [0.717, 1.165) is 4.99 Å². The van der Waals surface area contributed by atoms with Crippen LogP contribution in [0.2, 0.25) is 0 Å². The molecule has 0 saturated carbocycles. The molecule has 0 aliphatic rings. The topological polar surface area (TPSA) is 12.0 Å². The maximum Gasteiger partial charge on any atom is 0.0788 e. The Morgan fingerprint density at radius 3 is 1.83 bits per heavy atom. The molecule has 1 N–H and O–H groups in total. The first-order valence-electron chi connectivity index (χ1n) is 4.56. The van der Waals surface area contributed by atoms with Crippen LogP contribution < -0.4 is 5.32 Å². The van der Waals surface area contributed by atoms with Crippen LogP contribution in [0.25, 0.3) is 0 Å². The Morgan fingerprint density at radius 1 is 1.17 bits per heavy atom. The smallest absolute Gasteiger partial charge is 0.0788 e. The summed E-state index contributed by atoms with van der Waals surface area (Å²) in [5, 5.41) is 3.33. The average molecular weight is 187 g/mol. The van der Waals surface area contributed by atoms with Gasteiger partial charge < -0.3 is 5.32 Å². The molecular weight excluding hydrogens is 166 g/mol. The molecule has 0 amide bonds. The minimum Gasteiger partial charge on any atom is -0.375 e. The lowest BCUT2D eigenvalue weighted by Crippen LogP contribution is -2.43. The summed E-state index contributed by atoms with van der Waals surface area (Å²) in [4.78, 5) is 0.984. The van der Waals surface area contributed by atoms with Crippen molar-refractivity contribution >= 4 is 17.2 Å². The molecule has 0 aliphatic carbocycles. The van der Waals surface area contributed by atoms with E-state index in [1.807, 2.05) is 0 Å². The Hall–Kier alpha value is -0.110. The lowest BCUT2D eigenvalue weighted by molar-refractivity contribution is 0.469. The first kappa shape index (κ1) is 11.9. The zero-order chi connectivity index (χ0) is 9.94. The molecule has 0 fully saturated rings. The van der Waals surface area contributed by atoms with E-state index in [9.17, 15) is 0 Å². The van der Waals surface area contributed by atoms with Gasteiger partial charge in [-0.15, -0.1) is 0 Å². The number of rotatable bonds is 2. The van der Waals surface area contributed by atoms with Crippen LogP contribution in [0, 0.1) is 11.8 Å². The fourth-order valence-electron chi connectivity index (χ4n) is 0.786. The van der Waals surface area contributed by atoms with Crippen molar-refractivity contribution in [3.63, 3.8) is 0 Å². The van der Waals surface area contributed by atoms with Crippen molar-refractivity contribution in [2.24, 2.45) is 11.8 Å². The third-order valence-electron chi connectivity index (χ3n) is 1.91. The summed E-state index contributed by atoms with van der Waals surface area (Å²) in [6, 6.07) is 0. The van der Waals surface area contributed by atoms with Crippen LogP contribution >= 0.6 is 12.2 Å². The van der Waals surface area contributed by atoms with Gasteiger partial charge in [0.05, 0.1) is 4.99 Å². The molecule has 0 aromatic rings. The molecule has 12 heavy (non-hydrogen) atoms. The van der Waals surface area contributed by atoms with E-state index < -0.39 is 0 Å². The maximum absolute atomic E-state index is 5.29. The van der Waals surface area contributed by atoms with Crippen molar-refractivity contribution in [1.82, 2.24) is 5.32 Å². The lowest BCUT2D eigenvalue weighted by atomic mass is 9.96. The molecule has 0 spiro atoms. The van der Waals surface area contributed by atoms with Gasteiger partial charge in [-0.3, -0.25) is 0 Å². The summed E-state index contributed by atoms with van der Waals surface area (Å²) in [7, 11) is 0. The van der Waals surface area contributed by atoms with E-state index in [-0.39, 0.29) is 5.54 Å². The monoisotopic (exact) mass is 187 g/mol. The Bertz CT molecular complexity index is 156. The van der Waals surface area contributed by atoms with Crippen LogP contribution in [-0.2, 0) is 0 Å².